The average molecular weight is 381 g/mol. The molecule has 4 nitrogen and oxygen atoms in total. The first-order valence-corrected chi connectivity index (χ1v) is 9.19. The minimum atomic E-state index is 0. The van der Waals surface area contributed by atoms with Gasteiger partial charge in [-0.05, 0) is 36.9 Å². The van der Waals surface area contributed by atoms with Gasteiger partial charge in [-0.25, -0.2) is 0 Å². The molecular formula is C19H25ClN2O2S. The van der Waals surface area contributed by atoms with Gasteiger partial charge in [0, 0.05) is 18.0 Å². The molecule has 3 rings (SSSR count). The summed E-state index contributed by atoms with van der Waals surface area (Å²) in [6.45, 7) is 6.71. The molecule has 2 heterocycles. The average Bonchev–Trinajstić information content (AvgIpc) is 3.20. The third kappa shape index (κ3) is 4.17. The summed E-state index contributed by atoms with van der Waals surface area (Å²) < 4.78 is 5.74. The summed E-state index contributed by atoms with van der Waals surface area (Å²) >= 11 is 1.51. The Morgan fingerprint density at radius 3 is 2.68 bits per heavy atom. The number of benzene rings is 1. The molecule has 25 heavy (non-hydrogen) atoms. The van der Waals surface area contributed by atoms with Crippen molar-refractivity contribution in [3.05, 3.63) is 41.3 Å². The van der Waals surface area contributed by atoms with E-state index >= 15 is 0 Å². The highest BCUT2D eigenvalue weighted by atomic mass is 35.5. The molecule has 1 amide bonds. The van der Waals surface area contributed by atoms with Crippen LogP contribution in [0.1, 0.15) is 29.9 Å². The monoisotopic (exact) mass is 380 g/mol. The quantitative estimate of drug-likeness (QED) is 0.851. The summed E-state index contributed by atoms with van der Waals surface area (Å²) in [6.07, 6.45) is 0.954. The van der Waals surface area contributed by atoms with Gasteiger partial charge in [0.1, 0.15) is 10.6 Å². The molecule has 1 aromatic carbocycles. The largest absolute Gasteiger partial charge is 0.492 e. The fourth-order valence-electron chi connectivity index (χ4n) is 3.04. The minimum absolute atomic E-state index is 0. The Morgan fingerprint density at radius 1 is 1.36 bits per heavy atom. The van der Waals surface area contributed by atoms with E-state index in [1.807, 2.05) is 36.1 Å². The number of halogens is 1. The Balaban J connectivity index is 0.00000225. The molecule has 0 saturated carbocycles. The maximum atomic E-state index is 13.0. The highest BCUT2D eigenvalue weighted by Crippen LogP contribution is 2.39. The van der Waals surface area contributed by atoms with E-state index in [0.29, 0.717) is 30.3 Å². The van der Waals surface area contributed by atoms with Crippen LogP contribution in [0.5, 0.6) is 5.75 Å². The summed E-state index contributed by atoms with van der Waals surface area (Å²) in [5.41, 5.74) is 7.00. The lowest BCUT2D eigenvalue weighted by molar-refractivity contribution is 0.0778. The SMILES string of the molecule is CCOc1cc(-c2ccccc2)sc1C(=O)N1CCC(C)(CN)C1.Cl. The van der Waals surface area contributed by atoms with Crippen LogP contribution in [-0.2, 0) is 0 Å². The number of likely N-dealkylation sites (tertiary alicyclic amines) is 1. The van der Waals surface area contributed by atoms with E-state index in [1.54, 1.807) is 0 Å². The molecule has 1 fully saturated rings. The van der Waals surface area contributed by atoms with E-state index in [2.05, 4.69) is 19.1 Å². The molecule has 0 radical (unpaired) electrons. The van der Waals surface area contributed by atoms with Crippen molar-refractivity contribution in [1.82, 2.24) is 4.90 Å². The fraction of sp³-hybridized carbons (Fsp3) is 0.421. The van der Waals surface area contributed by atoms with Crippen LogP contribution < -0.4 is 10.5 Å². The van der Waals surface area contributed by atoms with Crippen LogP contribution >= 0.6 is 23.7 Å². The number of amides is 1. The van der Waals surface area contributed by atoms with Crippen molar-refractivity contribution in [2.75, 3.05) is 26.2 Å². The molecule has 6 heteroatoms. The van der Waals surface area contributed by atoms with Crippen LogP contribution in [0.4, 0.5) is 0 Å². The van der Waals surface area contributed by atoms with Crippen LogP contribution in [0.15, 0.2) is 36.4 Å². The van der Waals surface area contributed by atoms with Crippen LogP contribution in [-0.4, -0.2) is 37.0 Å². The number of nitrogens with two attached hydrogens (primary N) is 1. The van der Waals surface area contributed by atoms with Crippen LogP contribution in [0, 0.1) is 5.41 Å². The van der Waals surface area contributed by atoms with Gasteiger partial charge in [0.05, 0.1) is 6.61 Å². The van der Waals surface area contributed by atoms with Crippen molar-refractivity contribution in [2.45, 2.75) is 20.3 Å². The van der Waals surface area contributed by atoms with Crippen molar-refractivity contribution in [1.29, 1.82) is 0 Å². The third-order valence-electron chi connectivity index (χ3n) is 4.59. The molecule has 1 aromatic heterocycles. The summed E-state index contributed by atoms with van der Waals surface area (Å²) in [4.78, 5) is 16.7. The van der Waals surface area contributed by atoms with Crippen molar-refractivity contribution in [3.8, 4) is 16.2 Å². The van der Waals surface area contributed by atoms with Crippen molar-refractivity contribution in [2.24, 2.45) is 11.1 Å². The highest BCUT2D eigenvalue weighted by molar-refractivity contribution is 7.17. The van der Waals surface area contributed by atoms with Crippen molar-refractivity contribution >= 4 is 29.7 Å². The summed E-state index contributed by atoms with van der Waals surface area (Å²) in [6, 6.07) is 12.1. The third-order valence-corrected chi connectivity index (χ3v) is 5.74. The number of carbonyl (C=O) groups excluding carboxylic acids is 1. The standard InChI is InChI=1S/C19H24N2O2S.ClH/c1-3-23-15-11-16(14-7-5-4-6-8-14)24-17(15)18(22)21-10-9-19(2,12-20)13-21;/h4-8,11H,3,9-10,12-13,20H2,1-2H3;1H. The van der Waals surface area contributed by atoms with Gasteiger partial charge in [-0.15, -0.1) is 23.7 Å². The second kappa shape index (κ2) is 8.21. The Bertz CT molecular complexity index is 719. The Hall–Kier alpha value is -1.56. The molecule has 1 unspecified atom stereocenters. The van der Waals surface area contributed by atoms with E-state index in [-0.39, 0.29) is 23.7 Å². The fourth-order valence-corrected chi connectivity index (χ4v) is 4.11. The molecule has 0 aliphatic carbocycles. The summed E-state index contributed by atoms with van der Waals surface area (Å²) in [5, 5.41) is 0. The van der Waals surface area contributed by atoms with Crippen molar-refractivity contribution in [3.63, 3.8) is 0 Å². The first-order valence-electron chi connectivity index (χ1n) is 8.38. The van der Waals surface area contributed by atoms with Gasteiger partial charge in [-0.3, -0.25) is 4.79 Å². The molecule has 1 aliphatic rings. The number of hydrogen-bond donors (Lipinski definition) is 1. The molecule has 1 atom stereocenters. The lowest BCUT2D eigenvalue weighted by Gasteiger charge is -2.22. The molecule has 136 valence electrons. The van der Waals surface area contributed by atoms with E-state index in [9.17, 15) is 4.79 Å². The van der Waals surface area contributed by atoms with Gasteiger partial charge >= 0.3 is 0 Å². The predicted molar refractivity (Wildman–Crippen MR) is 106 cm³/mol. The second-order valence-electron chi connectivity index (χ2n) is 6.59. The molecule has 2 N–H and O–H groups in total. The first-order chi connectivity index (χ1) is 11.6. The topological polar surface area (TPSA) is 55.6 Å². The zero-order valence-corrected chi connectivity index (χ0v) is 16.3. The van der Waals surface area contributed by atoms with E-state index in [4.69, 9.17) is 10.5 Å². The molecule has 1 aliphatic heterocycles. The van der Waals surface area contributed by atoms with E-state index < -0.39 is 0 Å². The zero-order chi connectivity index (χ0) is 17.2. The highest BCUT2D eigenvalue weighted by Gasteiger charge is 2.36. The first kappa shape index (κ1) is 19.8. The number of rotatable bonds is 5. The molecule has 0 spiro atoms. The maximum absolute atomic E-state index is 13.0. The zero-order valence-electron chi connectivity index (χ0n) is 14.7. The molecule has 2 aromatic rings. The maximum Gasteiger partial charge on any atom is 0.267 e. The Labute approximate surface area is 159 Å². The smallest absolute Gasteiger partial charge is 0.267 e. The van der Waals surface area contributed by atoms with Gasteiger partial charge in [-0.1, -0.05) is 37.3 Å². The lowest BCUT2D eigenvalue weighted by atomic mass is 9.90. The number of nitrogens with zero attached hydrogens (tertiary/aromatic N) is 1. The lowest BCUT2D eigenvalue weighted by Crippen LogP contribution is -2.34. The normalized spacial score (nSPS) is 19.6. The summed E-state index contributed by atoms with van der Waals surface area (Å²) in [7, 11) is 0. The number of ether oxygens (including phenoxy) is 1. The van der Waals surface area contributed by atoms with Crippen LogP contribution in [0.25, 0.3) is 10.4 Å². The molecule has 1 saturated heterocycles. The van der Waals surface area contributed by atoms with E-state index in [1.165, 1.54) is 11.3 Å². The van der Waals surface area contributed by atoms with Crippen molar-refractivity contribution < 1.29 is 9.53 Å². The van der Waals surface area contributed by atoms with Gasteiger partial charge < -0.3 is 15.4 Å². The molecule has 0 bridgehead atoms. The Morgan fingerprint density at radius 2 is 2.08 bits per heavy atom. The summed E-state index contributed by atoms with van der Waals surface area (Å²) in [5.74, 6) is 0.746. The van der Waals surface area contributed by atoms with Gasteiger partial charge in [-0.2, -0.15) is 0 Å². The van der Waals surface area contributed by atoms with E-state index in [0.717, 1.165) is 23.4 Å². The van der Waals surface area contributed by atoms with Crippen LogP contribution in [0.2, 0.25) is 0 Å². The number of carbonyl (C=O) groups is 1. The van der Waals surface area contributed by atoms with Gasteiger partial charge in [0.15, 0.2) is 0 Å². The second-order valence-corrected chi connectivity index (χ2v) is 7.65. The van der Waals surface area contributed by atoms with Gasteiger partial charge in [0.2, 0.25) is 0 Å². The minimum Gasteiger partial charge on any atom is -0.492 e. The van der Waals surface area contributed by atoms with Crippen LogP contribution in [0.3, 0.4) is 0 Å². The molecular weight excluding hydrogens is 356 g/mol. The Kier molecular flexibility index (Phi) is 6.49. The predicted octanol–water partition coefficient (Wildman–Crippen LogP) is 4.05. The number of thiophene rings is 1. The van der Waals surface area contributed by atoms with Gasteiger partial charge in [0.25, 0.3) is 5.91 Å². The number of hydrogen-bond acceptors (Lipinski definition) is 4.